The van der Waals surface area contributed by atoms with Gasteiger partial charge in [-0.1, -0.05) is 11.6 Å². The molecule has 0 heterocycles. The van der Waals surface area contributed by atoms with Crippen LogP contribution in [0.15, 0.2) is 47.6 Å². The van der Waals surface area contributed by atoms with Gasteiger partial charge >= 0.3 is 0 Å². The molecule has 2 aromatic carbocycles. The molecule has 0 spiro atoms. The summed E-state index contributed by atoms with van der Waals surface area (Å²) in [6, 6.07) is 10.6. The molecule has 114 valence electrons. The Morgan fingerprint density at radius 3 is 2.64 bits per heavy atom. The minimum absolute atomic E-state index is 0.0601. The highest BCUT2D eigenvalue weighted by Gasteiger charge is 2.02. The molecule has 22 heavy (non-hydrogen) atoms. The quantitative estimate of drug-likeness (QED) is 0.582. The number of ether oxygens (including phenoxy) is 1. The molecule has 0 saturated carbocycles. The van der Waals surface area contributed by atoms with Gasteiger partial charge in [0.2, 0.25) is 0 Å². The molecule has 6 nitrogen and oxygen atoms in total. The van der Waals surface area contributed by atoms with E-state index in [9.17, 15) is 9.90 Å². The van der Waals surface area contributed by atoms with Crippen LogP contribution >= 0.6 is 11.6 Å². The Hall–Kier alpha value is -2.73. The van der Waals surface area contributed by atoms with Gasteiger partial charge in [-0.05, 0) is 36.4 Å². The second kappa shape index (κ2) is 7.33. The molecule has 0 bridgehead atoms. The van der Waals surface area contributed by atoms with Crippen molar-refractivity contribution in [1.82, 2.24) is 5.43 Å². The standard InChI is InChI=1S/C15H13ClN2O4/c16-11-2-5-13(6-3-11)22-9-15(21)18-17-8-10-1-4-12(19)7-14(10)20/h1-8,19-20H,9H2,(H,18,21)/b17-8+. The van der Waals surface area contributed by atoms with Crippen LogP contribution in [0, 0.1) is 0 Å². The molecule has 0 aliphatic heterocycles. The largest absolute Gasteiger partial charge is 0.508 e. The number of carbonyl (C=O) groups excluding carboxylic acids is 1. The first-order chi connectivity index (χ1) is 10.5. The zero-order valence-electron chi connectivity index (χ0n) is 11.4. The number of halogens is 1. The lowest BCUT2D eigenvalue weighted by atomic mass is 10.2. The topological polar surface area (TPSA) is 91.2 Å². The Kier molecular flexibility index (Phi) is 5.21. The fourth-order valence-corrected chi connectivity index (χ4v) is 1.65. The Labute approximate surface area is 131 Å². The summed E-state index contributed by atoms with van der Waals surface area (Å²) in [5.41, 5.74) is 2.62. The summed E-state index contributed by atoms with van der Waals surface area (Å²) in [5, 5.41) is 22.9. The van der Waals surface area contributed by atoms with E-state index in [0.29, 0.717) is 16.3 Å². The van der Waals surface area contributed by atoms with Gasteiger partial charge in [0.15, 0.2) is 6.61 Å². The van der Waals surface area contributed by atoms with Gasteiger partial charge in [0.05, 0.1) is 6.21 Å². The van der Waals surface area contributed by atoms with Crippen molar-refractivity contribution in [3.63, 3.8) is 0 Å². The SMILES string of the molecule is O=C(COc1ccc(Cl)cc1)N/N=C/c1ccc(O)cc1O. The minimum Gasteiger partial charge on any atom is -0.508 e. The molecule has 3 N–H and O–H groups in total. The monoisotopic (exact) mass is 320 g/mol. The normalized spacial score (nSPS) is 10.6. The predicted octanol–water partition coefficient (Wildman–Crippen LogP) is 2.28. The summed E-state index contributed by atoms with van der Waals surface area (Å²) in [5.74, 6) is -0.144. The molecule has 2 aromatic rings. The van der Waals surface area contributed by atoms with E-state index in [1.165, 1.54) is 24.4 Å². The zero-order valence-corrected chi connectivity index (χ0v) is 12.1. The third kappa shape index (κ3) is 4.68. The second-order valence-corrected chi connectivity index (χ2v) is 4.72. The summed E-state index contributed by atoms with van der Waals surface area (Å²) < 4.78 is 5.24. The number of benzene rings is 2. The lowest BCUT2D eigenvalue weighted by molar-refractivity contribution is -0.123. The van der Waals surface area contributed by atoms with Crippen molar-refractivity contribution in [2.75, 3.05) is 6.61 Å². The molecular weight excluding hydrogens is 308 g/mol. The maximum Gasteiger partial charge on any atom is 0.277 e. The fourth-order valence-electron chi connectivity index (χ4n) is 1.53. The molecule has 0 atom stereocenters. The summed E-state index contributed by atoms with van der Waals surface area (Å²) >= 11 is 5.73. The molecule has 0 fully saturated rings. The Morgan fingerprint density at radius 1 is 1.23 bits per heavy atom. The van der Waals surface area contributed by atoms with Gasteiger partial charge in [-0.3, -0.25) is 4.79 Å². The van der Waals surface area contributed by atoms with Crippen molar-refractivity contribution in [1.29, 1.82) is 0 Å². The van der Waals surface area contributed by atoms with E-state index in [-0.39, 0.29) is 18.1 Å². The third-order valence-corrected chi connectivity index (χ3v) is 2.84. The van der Waals surface area contributed by atoms with E-state index in [1.54, 1.807) is 24.3 Å². The van der Waals surface area contributed by atoms with E-state index in [0.717, 1.165) is 0 Å². The molecule has 0 unspecified atom stereocenters. The summed E-state index contributed by atoms with van der Waals surface area (Å²) in [6.45, 7) is -0.208. The molecule has 0 aromatic heterocycles. The first kappa shape index (κ1) is 15.7. The minimum atomic E-state index is -0.454. The van der Waals surface area contributed by atoms with Crippen molar-refractivity contribution < 1.29 is 19.7 Å². The van der Waals surface area contributed by atoms with Crippen LogP contribution in [0.2, 0.25) is 5.02 Å². The average molecular weight is 321 g/mol. The Bertz CT molecular complexity index is 686. The van der Waals surface area contributed by atoms with Gasteiger partial charge in [-0.25, -0.2) is 5.43 Å². The predicted molar refractivity (Wildman–Crippen MR) is 82.5 cm³/mol. The number of rotatable bonds is 5. The molecule has 0 saturated heterocycles. The maximum atomic E-state index is 11.5. The van der Waals surface area contributed by atoms with Crippen LogP contribution < -0.4 is 10.2 Å². The summed E-state index contributed by atoms with van der Waals surface area (Å²) in [6.07, 6.45) is 1.26. The number of carbonyl (C=O) groups is 1. The van der Waals surface area contributed by atoms with Crippen LogP contribution in [0.25, 0.3) is 0 Å². The number of amides is 1. The van der Waals surface area contributed by atoms with Gasteiger partial charge in [-0.15, -0.1) is 0 Å². The number of nitrogens with one attached hydrogen (secondary N) is 1. The van der Waals surface area contributed by atoms with Gasteiger partial charge in [0.25, 0.3) is 5.91 Å². The molecule has 1 amide bonds. The van der Waals surface area contributed by atoms with Crippen LogP contribution in [0.3, 0.4) is 0 Å². The molecule has 0 radical (unpaired) electrons. The Morgan fingerprint density at radius 2 is 1.95 bits per heavy atom. The van der Waals surface area contributed by atoms with E-state index in [1.807, 2.05) is 0 Å². The first-order valence-electron chi connectivity index (χ1n) is 6.27. The molecule has 2 rings (SSSR count). The average Bonchev–Trinajstić information content (AvgIpc) is 2.49. The third-order valence-electron chi connectivity index (χ3n) is 2.59. The fraction of sp³-hybridized carbons (Fsp3) is 0.0667. The second-order valence-electron chi connectivity index (χ2n) is 4.28. The zero-order chi connectivity index (χ0) is 15.9. The van der Waals surface area contributed by atoms with Gasteiger partial charge in [0, 0.05) is 16.7 Å². The number of phenols is 2. The number of nitrogens with zero attached hydrogens (tertiary/aromatic N) is 1. The van der Waals surface area contributed by atoms with Crippen molar-refractivity contribution in [2.24, 2.45) is 5.10 Å². The molecule has 0 aliphatic rings. The number of hydrazone groups is 1. The van der Waals surface area contributed by atoms with E-state index in [4.69, 9.17) is 21.4 Å². The van der Waals surface area contributed by atoms with Crippen LogP contribution in [-0.4, -0.2) is 28.9 Å². The van der Waals surface area contributed by atoms with Crippen LogP contribution in [0.4, 0.5) is 0 Å². The van der Waals surface area contributed by atoms with Gasteiger partial charge < -0.3 is 14.9 Å². The van der Waals surface area contributed by atoms with Crippen molar-refractivity contribution in [3.8, 4) is 17.2 Å². The lowest BCUT2D eigenvalue weighted by Crippen LogP contribution is -2.24. The Balaban J connectivity index is 1.82. The number of aromatic hydroxyl groups is 2. The molecule has 7 heteroatoms. The van der Waals surface area contributed by atoms with Crippen LogP contribution in [0.1, 0.15) is 5.56 Å². The smallest absolute Gasteiger partial charge is 0.277 e. The van der Waals surface area contributed by atoms with E-state index in [2.05, 4.69) is 10.5 Å². The van der Waals surface area contributed by atoms with Crippen LogP contribution in [0.5, 0.6) is 17.2 Å². The van der Waals surface area contributed by atoms with E-state index >= 15 is 0 Å². The highest BCUT2D eigenvalue weighted by molar-refractivity contribution is 6.30. The first-order valence-corrected chi connectivity index (χ1v) is 6.64. The van der Waals surface area contributed by atoms with Crippen LogP contribution in [-0.2, 0) is 4.79 Å². The van der Waals surface area contributed by atoms with Crippen molar-refractivity contribution in [3.05, 3.63) is 53.1 Å². The number of hydrogen-bond donors (Lipinski definition) is 3. The summed E-state index contributed by atoms with van der Waals surface area (Å²) in [4.78, 5) is 11.5. The van der Waals surface area contributed by atoms with Crippen molar-refractivity contribution >= 4 is 23.7 Å². The maximum absolute atomic E-state index is 11.5. The summed E-state index contributed by atoms with van der Waals surface area (Å²) in [7, 11) is 0. The highest BCUT2D eigenvalue weighted by atomic mass is 35.5. The number of hydrogen-bond acceptors (Lipinski definition) is 5. The molecular formula is C15H13ClN2O4. The van der Waals surface area contributed by atoms with Gasteiger partial charge in [-0.2, -0.15) is 5.10 Å². The molecule has 0 aliphatic carbocycles. The van der Waals surface area contributed by atoms with E-state index < -0.39 is 5.91 Å². The van der Waals surface area contributed by atoms with Gasteiger partial charge in [0.1, 0.15) is 17.2 Å². The highest BCUT2D eigenvalue weighted by Crippen LogP contribution is 2.20. The van der Waals surface area contributed by atoms with Crippen molar-refractivity contribution in [2.45, 2.75) is 0 Å². The lowest BCUT2D eigenvalue weighted by Gasteiger charge is -2.04. The number of phenolic OH excluding ortho intramolecular Hbond substituents is 2.